The van der Waals surface area contributed by atoms with Crippen LogP contribution >= 0.6 is 11.6 Å². The molecule has 0 fully saturated rings. The molecule has 0 aliphatic heterocycles. The standard InChI is InChI=1S/C18H23ClN2O/c1-20-11-4-12-21-13-15-7-9-17(10-8-15)22-14-16-5-2-3-6-18(16)19/h2-3,5-10,20-21H,4,11-14H2,1H3. The summed E-state index contributed by atoms with van der Waals surface area (Å²) in [5.41, 5.74) is 2.26. The molecule has 0 saturated carbocycles. The minimum Gasteiger partial charge on any atom is -0.489 e. The first kappa shape index (κ1) is 16.8. The van der Waals surface area contributed by atoms with Crippen LogP contribution in [0.4, 0.5) is 0 Å². The largest absolute Gasteiger partial charge is 0.489 e. The molecule has 0 aliphatic carbocycles. The predicted molar refractivity (Wildman–Crippen MR) is 92.5 cm³/mol. The number of nitrogens with one attached hydrogen (secondary N) is 2. The molecule has 118 valence electrons. The third-order valence-corrected chi connectivity index (χ3v) is 3.75. The SMILES string of the molecule is CNCCCNCc1ccc(OCc2ccccc2Cl)cc1. The first-order valence-corrected chi connectivity index (χ1v) is 7.98. The Bertz CT molecular complexity index is 557. The Morgan fingerprint density at radius 3 is 2.50 bits per heavy atom. The molecule has 0 amide bonds. The van der Waals surface area contributed by atoms with Crippen LogP contribution in [-0.2, 0) is 13.2 Å². The van der Waals surface area contributed by atoms with Crippen LogP contribution in [0, 0.1) is 0 Å². The molecule has 0 heterocycles. The number of halogens is 1. The molecule has 0 spiro atoms. The Balaban J connectivity index is 1.76. The van der Waals surface area contributed by atoms with Crippen molar-refractivity contribution in [3.8, 4) is 5.75 Å². The van der Waals surface area contributed by atoms with Crippen molar-refractivity contribution in [2.75, 3.05) is 20.1 Å². The van der Waals surface area contributed by atoms with Gasteiger partial charge in [0.25, 0.3) is 0 Å². The minimum atomic E-state index is 0.487. The van der Waals surface area contributed by atoms with Crippen LogP contribution in [-0.4, -0.2) is 20.1 Å². The van der Waals surface area contributed by atoms with Crippen molar-refractivity contribution >= 4 is 11.6 Å². The van der Waals surface area contributed by atoms with Gasteiger partial charge in [-0.25, -0.2) is 0 Å². The van der Waals surface area contributed by atoms with Crippen molar-refractivity contribution in [1.82, 2.24) is 10.6 Å². The van der Waals surface area contributed by atoms with E-state index in [-0.39, 0.29) is 0 Å². The predicted octanol–water partition coefficient (Wildman–Crippen LogP) is 3.62. The van der Waals surface area contributed by atoms with Gasteiger partial charge in [0.15, 0.2) is 0 Å². The molecule has 0 radical (unpaired) electrons. The number of hydrogen-bond donors (Lipinski definition) is 2. The molecule has 0 aliphatic rings. The summed E-state index contributed by atoms with van der Waals surface area (Å²) in [6.07, 6.45) is 1.13. The quantitative estimate of drug-likeness (QED) is 0.693. The first-order chi connectivity index (χ1) is 10.8. The molecule has 0 bridgehead atoms. The zero-order chi connectivity index (χ0) is 15.6. The third-order valence-electron chi connectivity index (χ3n) is 3.38. The van der Waals surface area contributed by atoms with E-state index in [0.29, 0.717) is 6.61 Å². The van der Waals surface area contributed by atoms with E-state index in [0.717, 1.165) is 42.4 Å². The number of benzene rings is 2. The van der Waals surface area contributed by atoms with Crippen molar-refractivity contribution in [3.05, 3.63) is 64.7 Å². The van der Waals surface area contributed by atoms with Gasteiger partial charge in [0.2, 0.25) is 0 Å². The molecule has 2 rings (SSSR count). The second-order valence-corrected chi connectivity index (χ2v) is 5.57. The highest BCUT2D eigenvalue weighted by molar-refractivity contribution is 6.31. The highest BCUT2D eigenvalue weighted by Gasteiger charge is 2.00. The Labute approximate surface area is 137 Å². The molecule has 0 saturated heterocycles. The van der Waals surface area contributed by atoms with Gasteiger partial charge >= 0.3 is 0 Å². The van der Waals surface area contributed by atoms with Gasteiger partial charge < -0.3 is 15.4 Å². The maximum Gasteiger partial charge on any atom is 0.119 e. The normalized spacial score (nSPS) is 10.6. The topological polar surface area (TPSA) is 33.3 Å². The molecular formula is C18H23ClN2O. The molecule has 2 N–H and O–H groups in total. The zero-order valence-electron chi connectivity index (χ0n) is 12.9. The Morgan fingerprint density at radius 1 is 1.00 bits per heavy atom. The number of hydrogen-bond acceptors (Lipinski definition) is 3. The first-order valence-electron chi connectivity index (χ1n) is 7.60. The van der Waals surface area contributed by atoms with Crippen molar-refractivity contribution in [3.63, 3.8) is 0 Å². The second-order valence-electron chi connectivity index (χ2n) is 5.16. The lowest BCUT2D eigenvalue weighted by Gasteiger charge is -2.09. The van der Waals surface area contributed by atoms with Crippen LogP contribution in [0.5, 0.6) is 5.75 Å². The van der Waals surface area contributed by atoms with E-state index < -0.39 is 0 Å². The Hall–Kier alpha value is -1.55. The van der Waals surface area contributed by atoms with Gasteiger partial charge in [-0.05, 0) is 50.3 Å². The van der Waals surface area contributed by atoms with E-state index in [1.165, 1.54) is 5.56 Å². The molecule has 3 nitrogen and oxygen atoms in total. The summed E-state index contributed by atoms with van der Waals surface area (Å²) in [7, 11) is 1.97. The lowest BCUT2D eigenvalue weighted by Crippen LogP contribution is -2.19. The highest BCUT2D eigenvalue weighted by atomic mass is 35.5. The fourth-order valence-corrected chi connectivity index (χ4v) is 2.29. The van der Waals surface area contributed by atoms with Crippen molar-refractivity contribution < 1.29 is 4.74 Å². The lowest BCUT2D eigenvalue weighted by atomic mass is 10.2. The van der Waals surface area contributed by atoms with E-state index >= 15 is 0 Å². The summed E-state index contributed by atoms with van der Waals surface area (Å²) >= 11 is 6.12. The van der Waals surface area contributed by atoms with Crippen LogP contribution in [0.15, 0.2) is 48.5 Å². The van der Waals surface area contributed by atoms with Crippen LogP contribution in [0.3, 0.4) is 0 Å². The highest BCUT2D eigenvalue weighted by Crippen LogP contribution is 2.18. The average Bonchev–Trinajstić information content (AvgIpc) is 2.55. The molecule has 2 aromatic rings. The van der Waals surface area contributed by atoms with Gasteiger partial charge in [0.05, 0.1) is 0 Å². The fourth-order valence-electron chi connectivity index (χ4n) is 2.10. The summed E-state index contributed by atoms with van der Waals surface area (Å²) in [6.45, 7) is 3.43. The second kappa shape index (κ2) is 9.46. The zero-order valence-corrected chi connectivity index (χ0v) is 13.7. The molecular weight excluding hydrogens is 296 g/mol. The third kappa shape index (κ3) is 5.68. The van der Waals surface area contributed by atoms with Crippen molar-refractivity contribution in [2.24, 2.45) is 0 Å². The van der Waals surface area contributed by atoms with Crippen LogP contribution in [0.2, 0.25) is 5.02 Å². The van der Waals surface area contributed by atoms with Gasteiger partial charge in [0.1, 0.15) is 12.4 Å². The summed E-state index contributed by atoms with van der Waals surface area (Å²) in [5, 5.41) is 7.30. The van der Waals surface area contributed by atoms with E-state index in [2.05, 4.69) is 22.8 Å². The van der Waals surface area contributed by atoms with E-state index in [9.17, 15) is 0 Å². The van der Waals surface area contributed by atoms with E-state index in [1.807, 2.05) is 43.4 Å². The smallest absolute Gasteiger partial charge is 0.119 e. The summed E-state index contributed by atoms with van der Waals surface area (Å²) in [4.78, 5) is 0. The molecule has 0 aromatic heterocycles. The van der Waals surface area contributed by atoms with Crippen LogP contribution in [0.1, 0.15) is 17.5 Å². The lowest BCUT2D eigenvalue weighted by molar-refractivity contribution is 0.306. The summed E-state index contributed by atoms with van der Waals surface area (Å²) in [6, 6.07) is 15.9. The van der Waals surface area contributed by atoms with Gasteiger partial charge in [-0.1, -0.05) is 41.9 Å². The Kier molecular flexibility index (Phi) is 7.23. The minimum absolute atomic E-state index is 0.487. The van der Waals surface area contributed by atoms with Crippen LogP contribution in [0.25, 0.3) is 0 Å². The Morgan fingerprint density at radius 2 is 1.77 bits per heavy atom. The average molecular weight is 319 g/mol. The molecule has 0 unspecified atom stereocenters. The summed E-state index contributed by atoms with van der Waals surface area (Å²) < 4.78 is 5.77. The monoisotopic (exact) mass is 318 g/mol. The van der Waals surface area contributed by atoms with Gasteiger partial charge in [0, 0.05) is 17.1 Å². The van der Waals surface area contributed by atoms with Crippen LogP contribution < -0.4 is 15.4 Å². The summed E-state index contributed by atoms with van der Waals surface area (Å²) in [5.74, 6) is 0.860. The maximum absolute atomic E-state index is 6.12. The molecule has 0 atom stereocenters. The van der Waals surface area contributed by atoms with Gasteiger partial charge in [-0.2, -0.15) is 0 Å². The number of rotatable bonds is 9. The van der Waals surface area contributed by atoms with Crippen molar-refractivity contribution in [1.29, 1.82) is 0 Å². The van der Waals surface area contributed by atoms with E-state index in [1.54, 1.807) is 0 Å². The van der Waals surface area contributed by atoms with Gasteiger partial charge in [-0.3, -0.25) is 0 Å². The number of ether oxygens (including phenoxy) is 1. The van der Waals surface area contributed by atoms with Crippen molar-refractivity contribution in [2.45, 2.75) is 19.6 Å². The molecule has 2 aromatic carbocycles. The molecule has 22 heavy (non-hydrogen) atoms. The fraction of sp³-hybridized carbons (Fsp3) is 0.333. The van der Waals surface area contributed by atoms with Gasteiger partial charge in [-0.15, -0.1) is 0 Å². The maximum atomic E-state index is 6.12. The van der Waals surface area contributed by atoms with E-state index in [4.69, 9.17) is 16.3 Å². The molecule has 4 heteroatoms.